The Labute approximate surface area is 230 Å². The Kier molecular flexibility index (Phi) is 4.73. The van der Waals surface area contributed by atoms with Crippen molar-refractivity contribution in [1.82, 2.24) is 14.5 Å². The maximum absolute atomic E-state index is 5.31. The van der Waals surface area contributed by atoms with E-state index in [0.717, 1.165) is 27.7 Å². The Morgan fingerprint density at radius 1 is 0.590 bits per heavy atom. The van der Waals surface area contributed by atoms with Crippen molar-refractivity contribution in [2.45, 2.75) is 20.8 Å². The normalized spacial score (nSPS) is 12.0. The van der Waals surface area contributed by atoms with Crippen LogP contribution in [-0.4, -0.2) is 14.5 Å². The first-order chi connectivity index (χ1) is 19.1. The second-order valence-corrected chi connectivity index (χ2v) is 11.5. The van der Waals surface area contributed by atoms with Gasteiger partial charge in [-0.05, 0) is 50.6 Å². The van der Waals surface area contributed by atoms with Crippen LogP contribution in [0.5, 0.6) is 0 Å². The summed E-state index contributed by atoms with van der Waals surface area (Å²) in [5.41, 5.74) is 9.08. The molecule has 0 unspecified atom stereocenters. The van der Waals surface area contributed by atoms with Gasteiger partial charge in [0.1, 0.15) is 0 Å². The lowest BCUT2D eigenvalue weighted by Crippen LogP contribution is -2.03. The predicted molar refractivity (Wildman–Crippen MR) is 166 cm³/mol. The highest BCUT2D eigenvalue weighted by Gasteiger charge is 2.21. The first kappa shape index (κ1) is 22.4. The van der Waals surface area contributed by atoms with E-state index in [1.165, 1.54) is 53.2 Å². The first-order valence-corrected chi connectivity index (χ1v) is 14.1. The molecule has 0 fully saturated rings. The van der Waals surface area contributed by atoms with Crippen LogP contribution < -0.4 is 0 Å². The molecule has 0 saturated heterocycles. The molecule has 3 nitrogen and oxygen atoms in total. The van der Waals surface area contributed by atoms with Crippen molar-refractivity contribution in [2.75, 3.05) is 0 Å². The van der Waals surface area contributed by atoms with Gasteiger partial charge in [0.15, 0.2) is 0 Å². The summed E-state index contributed by atoms with van der Waals surface area (Å²) >= 11 is 1.88. The highest BCUT2D eigenvalue weighted by atomic mass is 32.1. The molecule has 4 heteroatoms. The second kappa shape index (κ2) is 8.23. The zero-order valence-electron chi connectivity index (χ0n) is 22.0. The van der Waals surface area contributed by atoms with Gasteiger partial charge in [-0.25, -0.2) is 9.97 Å². The topological polar surface area (TPSA) is 30.7 Å². The molecule has 0 bridgehead atoms. The molecule has 0 amide bonds. The minimum Gasteiger partial charge on any atom is -0.276 e. The molecule has 39 heavy (non-hydrogen) atoms. The summed E-state index contributed by atoms with van der Waals surface area (Å²) in [5, 5.41) is 6.12. The average molecular weight is 520 g/mol. The third-order valence-corrected chi connectivity index (χ3v) is 9.19. The highest BCUT2D eigenvalue weighted by Crippen LogP contribution is 2.44. The summed E-state index contributed by atoms with van der Waals surface area (Å²) in [5.74, 6) is 0.704. The first-order valence-electron chi connectivity index (χ1n) is 13.3. The fourth-order valence-electron chi connectivity index (χ4n) is 5.99. The number of aryl methyl sites for hydroxylation is 3. The molecule has 0 aliphatic rings. The van der Waals surface area contributed by atoms with Gasteiger partial charge in [-0.2, -0.15) is 0 Å². The molecule has 0 atom stereocenters. The van der Waals surface area contributed by atoms with E-state index in [-0.39, 0.29) is 0 Å². The van der Waals surface area contributed by atoms with Crippen LogP contribution in [0.4, 0.5) is 0 Å². The van der Waals surface area contributed by atoms with Gasteiger partial charge in [-0.15, -0.1) is 11.3 Å². The lowest BCUT2D eigenvalue weighted by molar-refractivity contribution is 1.02. The Morgan fingerprint density at radius 3 is 2.26 bits per heavy atom. The van der Waals surface area contributed by atoms with Gasteiger partial charge in [0, 0.05) is 37.2 Å². The van der Waals surface area contributed by atoms with E-state index in [2.05, 4.69) is 122 Å². The number of thiophene rings is 1. The average Bonchev–Trinajstić information content (AvgIpc) is 3.49. The van der Waals surface area contributed by atoms with Gasteiger partial charge in [-0.3, -0.25) is 4.57 Å². The number of fused-ring (bicyclic) bond motifs is 8. The number of rotatable bonds is 2. The minimum absolute atomic E-state index is 0.704. The van der Waals surface area contributed by atoms with Crippen LogP contribution in [0.15, 0.2) is 97.1 Å². The smallest absolute Gasteiger partial charge is 0.235 e. The summed E-state index contributed by atoms with van der Waals surface area (Å²) in [6, 6.07) is 34.8. The van der Waals surface area contributed by atoms with Gasteiger partial charge in [-0.1, -0.05) is 83.9 Å². The Morgan fingerprint density at radius 2 is 1.36 bits per heavy atom. The van der Waals surface area contributed by atoms with Gasteiger partial charge in [0.25, 0.3) is 0 Å². The van der Waals surface area contributed by atoms with Crippen LogP contribution in [0.3, 0.4) is 0 Å². The molecule has 186 valence electrons. The number of aromatic nitrogens is 3. The summed E-state index contributed by atoms with van der Waals surface area (Å²) in [7, 11) is 0. The van der Waals surface area contributed by atoms with E-state index in [1.54, 1.807) is 0 Å². The number of nitrogens with zero attached hydrogens (tertiary/aromatic N) is 3. The van der Waals surface area contributed by atoms with Crippen LogP contribution in [-0.2, 0) is 0 Å². The van der Waals surface area contributed by atoms with E-state index < -0.39 is 0 Å². The summed E-state index contributed by atoms with van der Waals surface area (Å²) < 4.78 is 4.91. The van der Waals surface area contributed by atoms with Crippen molar-refractivity contribution < 1.29 is 0 Å². The van der Waals surface area contributed by atoms with Gasteiger partial charge in [0.2, 0.25) is 5.95 Å². The van der Waals surface area contributed by atoms with Crippen LogP contribution in [0, 0.1) is 20.8 Å². The number of hydrogen-bond donors (Lipinski definition) is 0. The van der Waals surface area contributed by atoms with Gasteiger partial charge in [0.05, 0.1) is 26.9 Å². The van der Waals surface area contributed by atoms with Crippen molar-refractivity contribution in [3.63, 3.8) is 0 Å². The monoisotopic (exact) mass is 519 g/mol. The number of benzene rings is 5. The Balaban J connectivity index is 1.57. The van der Waals surface area contributed by atoms with Crippen LogP contribution in [0.1, 0.15) is 16.7 Å². The largest absolute Gasteiger partial charge is 0.276 e. The highest BCUT2D eigenvalue weighted by molar-refractivity contribution is 7.26. The van der Waals surface area contributed by atoms with E-state index in [4.69, 9.17) is 9.97 Å². The third kappa shape index (κ3) is 3.28. The van der Waals surface area contributed by atoms with E-state index in [0.29, 0.717) is 5.95 Å². The maximum atomic E-state index is 5.31. The summed E-state index contributed by atoms with van der Waals surface area (Å²) in [6.07, 6.45) is 0. The maximum Gasteiger partial charge on any atom is 0.235 e. The Hall–Kier alpha value is -4.54. The molecule has 0 saturated carbocycles. The molecule has 0 aliphatic heterocycles. The van der Waals surface area contributed by atoms with Crippen molar-refractivity contribution in [3.8, 4) is 17.2 Å². The molecular weight excluding hydrogens is 494 g/mol. The van der Waals surface area contributed by atoms with Crippen LogP contribution in [0.25, 0.3) is 70.1 Å². The van der Waals surface area contributed by atoms with Gasteiger partial charge >= 0.3 is 0 Å². The molecule has 3 heterocycles. The molecule has 3 aromatic heterocycles. The van der Waals surface area contributed by atoms with Crippen LogP contribution in [0.2, 0.25) is 0 Å². The molecule has 0 spiro atoms. The lowest BCUT2D eigenvalue weighted by atomic mass is 10.0. The van der Waals surface area contributed by atoms with Crippen molar-refractivity contribution >= 4 is 64.2 Å². The number of para-hydroxylation sites is 1. The minimum atomic E-state index is 0.704. The third-order valence-electron chi connectivity index (χ3n) is 7.83. The fourth-order valence-corrected chi connectivity index (χ4v) is 7.30. The fraction of sp³-hybridized carbons (Fsp3) is 0.0857. The molecule has 0 N–H and O–H groups in total. The standard InChI is InChI=1S/C35H25N3S/c1-20-8-6-10-23(18-20)31-27-11-4-5-13-29(27)36-35(37-31)38-30-17-14-21(2)19-28(30)24-15-16-26-25-12-7-9-22(3)33(25)39-34(26)32(24)38/h4-19H,1-3H3. The van der Waals surface area contributed by atoms with E-state index >= 15 is 0 Å². The van der Waals surface area contributed by atoms with Gasteiger partial charge < -0.3 is 0 Å². The van der Waals surface area contributed by atoms with E-state index in [1.807, 2.05) is 11.3 Å². The zero-order chi connectivity index (χ0) is 26.2. The second-order valence-electron chi connectivity index (χ2n) is 10.5. The molecule has 0 radical (unpaired) electrons. The molecule has 5 aromatic carbocycles. The van der Waals surface area contributed by atoms with E-state index in [9.17, 15) is 0 Å². The number of hydrogen-bond acceptors (Lipinski definition) is 3. The van der Waals surface area contributed by atoms with Crippen molar-refractivity contribution in [1.29, 1.82) is 0 Å². The predicted octanol–water partition coefficient (Wildman–Crippen LogP) is 9.69. The van der Waals surface area contributed by atoms with Crippen molar-refractivity contribution in [2.24, 2.45) is 0 Å². The van der Waals surface area contributed by atoms with Crippen molar-refractivity contribution in [3.05, 3.63) is 114 Å². The zero-order valence-corrected chi connectivity index (χ0v) is 22.8. The molecule has 0 aliphatic carbocycles. The Bertz CT molecular complexity index is 2270. The SMILES string of the molecule is Cc1cccc(-c2nc(-n3c4ccc(C)cc4c4ccc5c6cccc(C)c6sc5c43)nc3ccccc23)c1. The summed E-state index contributed by atoms with van der Waals surface area (Å²) in [4.78, 5) is 10.5. The summed E-state index contributed by atoms with van der Waals surface area (Å²) in [6.45, 7) is 6.49. The lowest BCUT2D eigenvalue weighted by Gasteiger charge is -2.12. The molecule has 8 rings (SSSR count). The quantitative estimate of drug-likeness (QED) is 0.228. The molecular formula is C35H25N3S. The van der Waals surface area contributed by atoms with Crippen LogP contribution >= 0.6 is 11.3 Å². The molecule has 8 aromatic rings.